The molecule has 8 rings (SSSR count). The van der Waals surface area contributed by atoms with Crippen molar-refractivity contribution < 1.29 is 102 Å². The SMILES string of the molecule is CCCC[C@H]1C(=O)N(C)CC(=O)C[C@@H](COC=O)C(=O)C[C@@H](C(C)C)C(=O)N(C)[C@@H](Cc2ccccc2)C(=O)N[C@@H](Cc2ccc(O)cc2)C(=O)N(C)CC(=O)N[C@@H](Cc2csc3ccccc23)C(=O)N[C@@H](Cc2ccc(O)cc2)C(=O)N[C@@H](CCC(=O)O)C(=O)N[C@H](C(=O)CCC(N)=O)CSCC(=O)N[C@@H](Cc2ccccc2)C(=O)N(C)[C@@H](Cc2ccccc2)C(=O)N1C. The number of likely N-dealkylation sites (N-methyl/N-ethyl adjacent to an activating group) is 5. The topological polar surface area (TPSA) is 475 Å². The number of ether oxygens (including phenoxy) is 1. The van der Waals surface area contributed by atoms with E-state index in [-0.39, 0.29) is 62.9 Å². The molecule has 0 spiro atoms. The average Bonchev–Trinajstić information content (AvgIpc) is 1.16. The highest BCUT2D eigenvalue weighted by Gasteiger charge is 2.42. The van der Waals surface area contributed by atoms with E-state index < -0.39 is 236 Å². The van der Waals surface area contributed by atoms with Gasteiger partial charge in [-0.15, -0.1) is 23.1 Å². The number of carboxylic acid groups (broad SMARTS) is 1. The summed E-state index contributed by atoms with van der Waals surface area (Å²) in [7, 11) is 6.71. The number of phenolic OH excluding ortho intramolecular Hbond substituents is 2. The van der Waals surface area contributed by atoms with Gasteiger partial charge < -0.3 is 82.2 Å². The zero-order chi connectivity index (χ0) is 94.8. The number of phenols is 2. The number of nitrogens with one attached hydrogen (secondary N) is 6. The Morgan fingerprint density at radius 3 is 1.54 bits per heavy atom. The minimum atomic E-state index is -1.82. The summed E-state index contributed by atoms with van der Waals surface area (Å²) in [6.07, 6.45) is -3.96. The van der Waals surface area contributed by atoms with Crippen LogP contribution in [0.15, 0.2) is 169 Å². The number of aliphatic carboxylic acids is 1. The van der Waals surface area contributed by atoms with Crippen LogP contribution in [-0.2, 0) is 125 Å². The van der Waals surface area contributed by atoms with E-state index in [1.54, 1.807) is 128 Å². The van der Waals surface area contributed by atoms with E-state index in [9.17, 15) is 58.5 Å². The van der Waals surface area contributed by atoms with E-state index >= 15 is 38.4 Å². The van der Waals surface area contributed by atoms with Crippen LogP contribution < -0.4 is 37.6 Å². The van der Waals surface area contributed by atoms with Crippen LogP contribution >= 0.6 is 23.1 Å². The minimum absolute atomic E-state index is 0.0661. The molecule has 0 radical (unpaired) electrons. The van der Waals surface area contributed by atoms with Crippen molar-refractivity contribution in [3.63, 3.8) is 0 Å². The number of ketones is 3. The van der Waals surface area contributed by atoms with Crippen molar-refractivity contribution in [3.05, 3.63) is 203 Å². The lowest BCUT2D eigenvalue weighted by molar-refractivity contribution is -0.151. The fraction of sp³-hybridized carbons (Fsp3) is 0.421. The van der Waals surface area contributed by atoms with E-state index in [2.05, 4.69) is 31.9 Å². The molecule has 0 saturated carbocycles. The number of nitrogens with zero attached hydrogens (tertiary/aromatic N) is 5. The summed E-state index contributed by atoms with van der Waals surface area (Å²) in [6.45, 7) is 3.23. The van der Waals surface area contributed by atoms with Gasteiger partial charge in [-0.3, -0.25) is 81.5 Å². The van der Waals surface area contributed by atoms with Gasteiger partial charge in [-0.1, -0.05) is 167 Å². The lowest BCUT2D eigenvalue weighted by atomic mass is 9.84. The molecule has 1 saturated heterocycles. The minimum Gasteiger partial charge on any atom is -0.508 e. The van der Waals surface area contributed by atoms with Crippen molar-refractivity contribution in [3.8, 4) is 11.5 Å². The number of carbonyl (C=O) groups is 17. The van der Waals surface area contributed by atoms with Gasteiger partial charge in [0, 0.05) is 122 Å². The van der Waals surface area contributed by atoms with E-state index in [1.807, 2.05) is 13.0 Å². The number of amides is 12. The first-order valence-electron chi connectivity index (χ1n) is 43.0. The highest BCUT2D eigenvalue weighted by molar-refractivity contribution is 8.00. The third-order valence-electron chi connectivity index (χ3n) is 22.8. The number of carboxylic acids is 1. The number of hydrogen-bond donors (Lipinski definition) is 10. The van der Waals surface area contributed by atoms with E-state index in [1.165, 1.54) is 105 Å². The maximum Gasteiger partial charge on any atom is 0.303 e. The zero-order valence-corrected chi connectivity index (χ0v) is 75.8. The predicted octanol–water partition coefficient (Wildman–Crippen LogP) is 4.99. The number of thioether (sulfide) groups is 1. The summed E-state index contributed by atoms with van der Waals surface area (Å²) >= 11 is 2.12. The second kappa shape index (κ2) is 50.5. The van der Waals surface area contributed by atoms with Gasteiger partial charge in [0.1, 0.15) is 72.2 Å². The third-order valence-corrected chi connectivity index (χ3v) is 24.8. The summed E-state index contributed by atoms with van der Waals surface area (Å²) < 4.78 is 5.94. The molecule has 33 nitrogen and oxygen atoms in total. The second-order valence-electron chi connectivity index (χ2n) is 33.0. The monoisotopic (exact) mass is 1820 g/mol. The maximum atomic E-state index is 15.5. The molecule has 1 aliphatic heterocycles. The molecule has 1 fully saturated rings. The Bertz CT molecular complexity index is 5100. The lowest BCUT2D eigenvalue weighted by Gasteiger charge is -2.37. The third kappa shape index (κ3) is 31.1. The fourth-order valence-electron chi connectivity index (χ4n) is 15.3. The van der Waals surface area contributed by atoms with Crippen LogP contribution in [0.4, 0.5) is 0 Å². The van der Waals surface area contributed by atoms with Crippen molar-refractivity contribution in [1.29, 1.82) is 0 Å². The Balaban J connectivity index is 1.22. The lowest BCUT2D eigenvalue weighted by Crippen LogP contribution is -2.59. The van der Waals surface area contributed by atoms with Crippen LogP contribution in [-0.4, -0.2) is 261 Å². The molecule has 11 N–H and O–H groups in total. The Hall–Kier alpha value is -13.2. The van der Waals surface area contributed by atoms with Crippen molar-refractivity contribution in [2.24, 2.45) is 23.5 Å². The summed E-state index contributed by atoms with van der Waals surface area (Å²) in [4.78, 5) is 253. The van der Waals surface area contributed by atoms with Crippen molar-refractivity contribution in [1.82, 2.24) is 56.4 Å². The molecule has 0 unspecified atom stereocenters. The largest absolute Gasteiger partial charge is 0.508 e. The van der Waals surface area contributed by atoms with Gasteiger partial charge in [-0.05, 0) is 93.2 Å². The van der Waals surface area contributed by atoms with Crippen LogP contribution in [0, 0.1) is 17.8 Å². The van der Waals surface area contributed by atoms with Gasteiger partial charge in [0.15, 0.2) is 11.6 Å². The van der Waals surface area contributed by atoms with E-state index in [0.29, 0.717) is 51.6 Å². The quantitative estimate of drug-likeness (QED) is 0.0319. The van der Waals surface area contributed by atoms with Gasteiger partial charge >= 0.3 is 5.97 Å². The number of Topliss-reactive ketones (excluding diaryl/α,β-unsaturated/α-hetero) is 3. The first-order chi connectivity index (χ1) is 62.0. The number of fused-ring (bicyclic) bond motifs is 1. The molecule has 35 heteroatoms. The van der Waals surface area contributed by atoms with E-state index in [0.717, 1.165) is 31.2 Å². The molecule has 2 heterocycles. The van der Waals surface area contributed by atoms with Gasteiger partial charge in [0.05, 0.1) is 30.8 Å². The molecule has 0 aliphatic carbocycles. The standard InChI is InChI=1S/C95H116N12O21S2/c1-9-10-29-77-94(126)103(4)51-68(111)48-64(53-128-57-108)81(113)50-70(58(2)3)91(123)106(7)78(46-60-24-16-12-17-25-60)90(122)101-74(45-63-33-37-67(110)38-34-63)92(124)104(5)52-84(115)97-73(49-65-54-130-82-30-21-20-28-69(65)82)89(121)100-72(43-62-31-35-66(109)36-32-62)88(120)99-71(39-42-86(117)118)87(119)102-76(80(112)40-41-83(96)114)55-129-56-85(116)98-75(44-59-22-14-11-15-23-59)93(125)107(8)79(95(127)105(77)6)47-61-26-18-13-19-27-61/h11-28,30-38,54,57-58,64,70-79,109-110H,9-10,29,39-53,55-56H2,1-8H3,(H2,96,114)(H,97,115)(H,98,116)(H,99,120)(H,100,121)(H,101,122)(H,102,119)(H,117,118)/t64-,70-,71-,72-,73-,74-,75-,76-,77-,78-,79-/m0/s1. The van der Waals surface area contributed by atoms with Crippen molar-refractivity contribution in [2.45, 2.75) is 171 Å². The normalized spacial score (nSPS) is 21.9. The van der Waals surface area contributed by atoms with Crippen molar-refractivity contribution in [2.75, 3.05) is 66.4 Å². The molecule has 6 aromatic carbocycles. The molecular formula is C95H116N12O21S2. The maximum absolute atomic E-state index is 15.5. The summed E-state index contributed by atoms with van der Waals surface area (Å²) in [5.41, 5.74) is 8.50. The highest BCUT2D eigenvalue weighted by Crippen LogP contribution is 2.30. The number of hydrogen-bond acceptors (Lipinski definition) is 22. The number of primary amides is 1. The second-order valence-corrected chi connectivity index (χ2v) is 34.9. The summed E-state index contributed by atoms with van der Waals surface area (Å²) in [6, 6.07) is 30.4. The molecule has 0 bridgehead atoms. The van der Waals surface area contributed by atoms with Crippen molar-refractivity contribution >= 4 is 134 Å². The highest BCUT2D eigenvalue weighted by atomic mass is 32.2. The Morgan fingerprint density at radius 1 is 0.492 bits per heavy atom. The van der Waals surface area contributed by atoms with Crippen LogP contribution in [0.25, 0.3) is 10.1 Å². The number of aromatic hydroxyl groups is 2. The smallest absolute Gasteiger partial charge is 0.303 e. The molecule has 12 amide bonds. The van der Waals surface area contributed by atoms with Gasteiger partial charge in [-0.2, -0.15) is 0 Å². The van der Waals surface area contributed by atoms with Crippen LogP contribution in [0.1, 0.15) is 112 Å². The first kappa shape index (κ1) is 102. The number of carbonyl (C=O) groups excluding carboxylic acids is 16. The molecular weight excluding hydrogens is 1710 g/mol. The Labute approximate surface area is 763 Å². The predicted molar refractivity (Wildman–Crippen MR) is 486 cm³/mol. The van der Waals surface area contributed by atoms with E-state index in [4.69, 9.17) is 10.5 Å². The zero-order valence-electron chi connectivity index (χ0n) is 74.1. The van der Waals surface area contributed by atoms with Crippen LogP contribution in [0.5, 0.6) is 11.5 Å². The number of thiophene rings is 1. The van der Waals surface area contributed by atoms with Crippen LogP contribution in [0.2, 0.25) is 0 Å². The number of nitrogens with two attached hydrogens (primary N) is 1. The molecule has 130 heavy (non-hydrogen) atoms. The van der Waals surface area contributed by atoms with Gasteiger partial charge in [0.2, 0.25) is 70.9 Å². The number of unbranched alkanes of at least 4 members (excludes halogenated alkanes) is 1. The molecule has 7 aromatic rings. The average molecular weight is 1830 g/mol. The fourth-order valence-corrected chi connectivity index (χ4v) is 17.1. The first-order valence-corrected chi connectivity index (χ1v) is 45.0. The Morgan fingerprint density at radius 2 is 0.977 bits per heavy atom. The van der Waals surface area contributed by atoms with Gasteiger partial charge in [-0.25, -0.2) is 0 Å². The molecule has 11 atom stereocenters. The Kier molecular flexibility index (Phi) is 39.7. The molecule has 1 aromatic heterocycles. The molecule has 1 aliphatic rings. The summed E-state index contributed by atoms with van der Waals surface area (Å²) in [5, 5.41) is 49.5. The summed E-state index contributed by atoms with van der Waals surface area (Å²) in [5.74, 6) is -18.6. The van der Waals surface area contributed by atoms with Crippen LogP contribution in [0.3, 0.4) is 0 Å². The number of rotatable bonds is 26. The number of benzene rings is 6. The molecule has 694 valence electrons. The van der Waals surface area contributed by atoms with Gasteiger partial charge in [0.25, 0.3) is 6.47 Å².